The van der Waals surface area contributed by atoms with Crippen LogP contribution in [0.25, 0.3) is 5.69 Å². The second-order valence-corrected chi connectivity index (χ2v) is 5.51. The Kier molecular flexibility index (Phi) is 3.50. The summed E-state index contributed by atoms with van der Waals surface area (Å²) in [6, 6.07) is 9.67. The highest BCUT2D eigenvalue weighted by Crippen LogP contribution is 2.12. The summed E-state index contributed by atoms with van der Waals surface area (Å²) in [6.45, 7) is 1.59. The van der Waals surface area contributed by atoms with Gasteiger partial charge in [-0.2, -0.15) is 11.8 Å². The molecular weight excluding hydrogens is 260 g/mol. The van der Waals surface area contributed by atoms with E-state index < -0.39 is 0 Å². The lowest BCUT2D eigenvalue weighted by Crippen LogP contribution is -2.38. The maximum absolute atomic E-state index is 12.2. The van der Waals surface area contributed by atoms with Crippen LogP contribution in [-0.4, -0.2) is 50.4 Å². The highest BCUT2D eigenvalue weighted by molar-refractivity contribution is 7.99. The van der Waals surface area contributed by atoms with E-state index in [2.05, 4.69) is 10.3 Å². The Morgan fingerprint density at radius 1 is 1.16 bits per heavy atom. The standard InChI is InChI=1S/C13H14N4OS/c18-13(16-6-8-19-9-7-16)12-10-17(15-14-12)11-4-2-1-3-5-11/h1-5,10H,6-9H2. The van der Waals surface area contributed by atoms with Gasteiger partial charge in [0.2, 0.25) is 0 Å². The SMILES string of the molecule is O=C(c1cn(-c2ccccc2)nn1)N1CCSCC1. The second kappa shape index (κ2) is 5.44. The molecule has 19 heavy (non-hydrogen) atoms. The molecule has 0 bridgehead atoms. The predicted molar refractivity (Wildman–Crippen MR) is 74.6 cm³/mol. The van der Waals surface area contributed by atoms with Gasteiger partial charge in [-0.15, -0.1) is 5.10 Å². The van der Waals surface area contributed by atoms with E-state index in [1.54, 1.807) is 10.9 Å². The van der Waals surface area contributed by atoms with Crippen LogP contribution in [-0.2, 0) is 0 Å². The molecule has 1 aliphatic heterocycles. The van der Waals surface area contributed by atoms with Gasteiger partial charge in [-0.3, -0.25) is 4.79 Å². The summed E-state index contributed by atoms with van der Waals surface area (Å²) in [7, 11) is 0. The van der Waals surface area contributed by atoms with Gasteiger partial charge in [0.1, 0.15) is 0 Å². The topological polar surface area (TPSA) is 51.0 Å². The number of nitrogens with zero attached hydrogens (tertiary/aromatic N) is 4. The third kappa shape index (κ3) is 2.63. The average molecular weight is 274 g/mol. The van der Waals surface area contributed by atoms with Gasteiger partial charge in [-0.1, -0.05) is 23.4 Å². The van der Waals surface area contributed by atoms with Crippen LogP contribution in [0.2, 0.25) is 0 Å². The highest BCUT2D eigenvalue weighted by Gasteiger charge is 2.21. The number of thioether (sulfide) groups is 1. The smallest absolute Gasteiger partial charge is 0.276 e. The lowest BCUT2D eigenvalue weighted by atomic mass is 10.3. The largest absolute Gasteiger partial charge is 0.336 e. The molecule has 1 aromatic carbocycles. The first-order chi connectivity index (χ1) is 9.34. The van der Waals surface area contributed by atoms with E-state index in [0.717, 1.165) is 30.3 Å². The summed E-state index contributed by atoms with van der Waals surface area (Å²) in [5.74, 6) is 1.97. The predicted octanol–water partition coefficient (Wildman–Crippen LogP) is 1.46. The van der Waals surface area contributed by atoms with E-state index in [1.807, 2.05) is 47.0 Å². The Morgan fingerprint density at radius 2 is 1.89 bits per heavy atom. The molecule has 5 nitrogen and oxygen atoms in total. The van der Waals surface area contributed by atoms with E-state index in [-0.39, 0.29) is 5.91 Å². The van der Waals surface area contributed by atoms with Crippen molar-refractivity contribution < 1.29 is 4.79 Å². The van der Waals surface area contributed by atoms with Crippen molar-refractivity contribution in [2.45, 2.75) is 0 Å². The molecule has 2 heterocycles. The third-order valence-electron chi connectivity index (χ3n) is 3.03. The van der Waals surface area contributed by atoms with Crippen LogP contribution in [0.4, 0.5) is 0 Å². The minimum Gasteiger partial charge on any atom is -0.336 e. The first kappa shape index (κ1) is 12.2. The molecule has 1 aliphatic rings. The third-order valence-corrected chi connectivity index (χ3v) is 3.97. The van der Waals surface area contributed by atoms with E-state index in [9.17, 15) is 4.79 Å². The fraction of sp³-hybridized carbons (Fsp3) is 0.308. The molecule has 1 aromatic heterocycles. The molecule has 1 saturated heterocycles. The van der Waals surface area contributed by atoms with Crippen molar-refractivity contribution in [2.75, 3.05) is 24.6 Å². The van der Waals surface area contributed by atoms with E-state index in [4.69, 9.17) is 0 Å². The van der Waals surface area contributed by atoms with Gasteiger partial charge in [-0.05, 0) is 12.1 Å². The Labute approximate surface area is 115 Å². The van der Waals surface area contributed by atoms with Crippen molar-refractivity contribution >= 4 is 17.7 Å². The molecular formula is C13H14N4OS. The molecule has 1 fully saturated rings. The zero-order valence-electron chi connectivity index (χ0n) is 10.4. The monoisotopic (exact) mass is 274 g/mol. The molecule has 0 unspecified atom stereocenters. The Morgan fingerprint density at radius 3 is 2.63 bits per heavy atom. The summed E-state index contributed by atoms with van der Waals surface area (Å²) < 4.78 is 1.63. The van der Waals surface area contributed by atoms with Crippen molar-refractivity contribution in [3.63, 3.8) is 0 Å². The normalized spacial score (nSPS) is 15.5. The maximum atomic E-state index is 12.2. The van der Waals surface area contributed by atoms with Gasteiger partial charge >= 0.3 is 0 Å². The molecule has 0 saturated carbocycles. The van der Waals surface area contributed by atoms with Crippen LogP contribution < -0.4 is 0 Å². The van der Waals surface area contributed by atoms with Gasteiger partial charge in [-0.25, -0.2) is 4.68 Å². The van der Waals surface area contributed by atoms with Crippen LogP contribution in [0.1, 0.15) is 10.5 Å². The van der Waals surface area contributed by atoms with E-state index >= 15 is 0 Å². The van der Waals surface area contributed by atoms with Crippen molar-refractivity contribution in [3.8, 4) is 5.69 Å². The molecule has 0 spiro atoms. The van der Waals surface area contributed by atoms with Crippen molar-refractivity contribution in [3.05, 3.63) is 42.2 Å². The lowest BCUT2D eigenvalue weighted by Gasteiger charge is -2.25. The Balaban J connectivity index is 1.79. The zero-order chi connectivity index (χ0) is 13.1. The molecule has 98 valence electrons. The molecule has 0 atom stereocenters. The van der Waals surface area contributed by atoms with Gasteiger partial charge < -0.3 is 4.90 Å². The quantitative estimate of drug-likeness (QED) is 0.832. The number of carbonyl (C=O) groups is 1. The molecule has 2 aromatic rings. The molecule has 0 N–H and O–H groups in total. The number of benzene rings is 1. The first-order valence-electron chi connectivity index (χ1n) is 6.19. The minimum atomic E-state index is -0.0255. The zero-order valence-corrected chi connectivity index (χ0v) is 11.2. The van der Waals surface area contributed by atoms with Crippen molar-refractivity contribution in [1.29, 1.82) is 0 Å². The number of rotatable bonds is 2. The van der Waals surface area contributed by atoms with Crippen LogP contribution in [0, 0.1) is 0 Å². The van der Waals surface area contributed by atoms with Crippen molar-refractivity contribution in [2.24, 2.45) is 0 Å². The summed E-state index contributed by atoms with van der Waals surface area (Å²) in [4.78, 5) is 14.1. The molecule has 0 radical (unpaired) electrons. The van der Waals surface area contributed by atoms with Gasteiger partial charge in [0, 0.05) is 24.6 Å². The fourth-order valence-electron chi connectivity index (χ4n) is 2.00. The van der Waals surface area contributed by atoms with Gasteiger partial charge in [0.25, 0.3) is 5.91 Å². The summed E-state index contributed by atoms with van der Waals surface area (Å²) in [5.41, 5.74) is 1.32. The van der Waals surface area contributed by atoms with E-state index in [0.29, 0.717) is 5.69 Å². The summed E-state index contributed by atoms with van der Waals surface area (Å²) in [6.07, 6.45) is 1.69. The number of para-hydroxylation sites is 1. The van der Waals surface area contributed by atoms with Gasteiger partial charge in [0.15, 0.2) is 5.69 Å². The number of amides is 1. The van der Waals surface area contributed by atoms with Crippen molar-refractivity contribution in [1.82, 2.24) is 19.9 Å². The van der Waals surface area contributed by atoms with E-state index in [1.165, 1.54) is 0 Å². The van der Waals surface area contributed by atoms with Gasteiger partial charge in [0.05, 0.1) is 11.9 Å². The molecule has 6 heteroatoms. The van der Waals surface area contributed by atoms with Crippen LogP contribution in [0.15, 0.2) is 36.5 Å². The van der Waals surface area contributed by atoms with Crippen LogP contribution in [0.5, 0.6) is 0 Å². The Hall–Kier alpha value is -1.82. The average Bonchev–Trinajstić information content (AvgIpc) is 2.98. The molecule has 3 rings (SSSR count). The number of carbonyl (C=O) groups excluding carboxylic acids is 1. The molecule has 1 amide bonds. The van der Waals surface area contributed by atoms with Crippen LogP contribution in [0.3, 0.4) is 0 Å². The molecule has 0 aliphatic carbocycles. The second-order valence-electron chi connectivity index (χ2n) is 4.29. The lowest BCUT2D eigenvalue weighted by molar-refractivity contribution is 0.0766. The Bertz CT molecular complexity index is 563. The minimum absolute atomic E-state index is 0.0255. The number of hydrogen-bond acceptors (Lipinski definition) is 4. The highest BCUT2D eigenvalue weighted by atomic mass is 32.2. The summed E-state index contributed by atoms with van der Waals surface area (Å²) >= 11 is 1.88. The number of aromatic nitrogens is 3. The van der Waals surface area contributed by atoms with Crippen LogP contribution >= 0.6 is 11.8 Å². The maximum Gasteiger partial charge on any atom is 0.276 e. The first-order valence-corrected chi connectivity index (χ1v) is 7.35. The summed E-state index contributed by atoms with van der Waals surface area (Å²) in [5, 5.41) is 8.00. The number of hydrogen-bond donors (Lipinski definition) is 0. The fourth-order valence-corrected chi connectivity index (χ4v) is 2.90.